The number of carbonyl (C=O) groups is 4. The lowest BCUT2D eigenvalue weighted by Crippen LogP contribution is -2.44. The van der Waals surface area contributed by atoms with Crippen molar-refractivity contribution in [3.05, 3.63) is 23.8 Å². The molecule has 5 rings (SSSR count). The minimum absolute atomic E-state index is 0.169. The summed E-state index contributed by atoms with van der Waals surface area (Å²) in [4.78, 5) is 54.3. The molecule has 3 aliphatic heterocycles. The Morgan fingerprint density at radius 2 is 1.68 bits per heavy atom. The minimum Gasteiger partial charge on any atom is -0.486 e. The molecule has 4 aliphatic rings. The molecule has 0 spiro atoms. The predicted molar refractivity (Wildman–Crippen MR) is 107 cm³/mol. The van der Waals surface area contributed by atoms with Crippen LogP contribution in [-0.4, -0.2) is 70.8 Å². The van der Waals surface area contributed by atoms with Crippen LogP contribution in [0.1, 0.15) is 50.1 Å². The van der Waals surface area contributed by atoms with Crippen molar-refractivity contribution in [3.63, 3.8) is 0 Å². The van der Waals surface area contributed by atoms with Crippen LogP contribution in [0.4, 0.5) is 4.79 Å². The van der Waals surface area contributed by atoms with Gasteiger partial charge >= 0.3 is 17.8 Å². The summed E-state index contributed by atoms with van der Waals surface area (Å²) in [6, 6.07) is 4.59. The van der Waals surface area contributed by atoms with Crippen molar-refractivity contribution in [2.45, 2.75) is 50.6 Å². The number of rotatable bonds is 4. The van der Waals surface area contributed by atoms with Crippen LogP contribution < -0.4 is 9.47 Å². The van der Waals surface area contributed by atoms with Gasteiger partial charge in [0.05, 0.1) is 6.04 Å². The first-order chi connectivity index (χ1) is 15.0. The lowest BCUT2D eigenvalue weighted by atomic mass is 10.0. The van der Waals surface area contributed by atoms with E-state index in [1.54, 1.807) is 4.90 Å². The first kappa shape index (κ1) is 19.8. The van der Waals surface area contributed by atoms with Crippen LogP contribution >= 0.6 is 0 Å². The number of amides is 5. The van der Waals surface area contributed by atoms with E-state index in [2.05, 4.69) is 0 Å². The number of hydrogen-bond acceptors (Lipinski definition) is 6. The molecular weight excluding hydrogens is 402 g/mol. The summed E-state index contributed by atoms with van der Waals surface area (Å²) in [5.41, 5.74) is 0.929. The van der Waals surface area contributed by atoms with Crippen molar-refractivity contribution in [3.8, 4) is 11.5 Å². The van der Waals surface area contributed by atoms with E-state index in [1.165, 1.54) is 0 Å². The molecule has 0 aromatic heterocycles. The maximum atomic E-state index is 13.1. The maximum absolute atomic E-state index is 13.1. The van der Waals surface area contributed by atoms with E-state index in [-0.39, 0.29) is 18.0 Å². The zero-order chi connectivity index (χ0) is 21.5. The third-order valence-electron chi connectivity index (χ3n) is 6.59. The molecule has 1 unspecified atom stereocenters. The zero-order valence-corrected chi connectivity index (χ0v) is 17.2. The summed E-state index contributed by atoms with van der Waals surface area (Å²) in [7, 11) is 0. The smallest absolute Gasteiger partial charge is 0.334 e. The minimum atomic E-state index is -0.902. The van der Waals surface area contributed by atoms with Crippen LogP contribution in [0.5, 0.6) is 11.5 Å². The number of hydrogen-bond donors (Lipinski definition) is 0. The molecule has 5 amide bonds. The normalized spacial score (nSPS) is 23.9. The fourth-order valence-electron chi connectivity index (χ4n) is 5.05. The van der Waals surface area contributed by atoms with Gasteiger partial charge in [-0.1, -0.05) is 18.9 Å². The number of ether oxygens (including phenoxy) is 2. The number of urea groups is 1. The highest BCUT2D eigenvalue weighted by Gasteiger charge is 2.49. The van der Waals surface area contributed by atoms with Gasteiger partial charge in [-0.3, -0.25) is 19.3 Å². The average molecular weight is 427 g/mol. The van der Waals surface area contributed by atoms with Crippen LogP contribution in [0.25, 0.3) is 0 Å². The summed E-state index contributed by atoms with van der Waals surface area (Å²) in [6.45, 7) is 1.12. The van der Waals surface area contributed by atoms with Crippen molar-refractivity contribution in [1.82, 2.24) is 14.7 Å². The lowest BCUT2D eigenvalue weighted by molar-refractivity contribution is -0.145. The molecule has 31 heavy (non-hydrogen) atoms. The second-order valence-electron chi connectivity index (χ2n) is 8.44. The molecule has 0 N–H and O–H groups in total. The molecule has 2 saturated heterocycles. The molecule has 1 saturated carbocycles. The third kappa shape index (κ3) is 3.41. The van der Waals surface area contributed by atoms with Gasteiger partial charge in [-0.05, 0) is 43.4 Å². The number of likely N-dealkylation sites (tertiary alicyclic amines) is 1. The van der Waals surface area contributed by atoms with Crippen LogP contribution in [-0.2, 0) is 14.4 Å². The Balaban J connectivity index is 1.31. The number of nitrogens with zero attached hydrogens (tertiary/aromatic N) is 3. The first-order valence-corrected chi connectivity index (χ1v) is 10.9. The van der Waals surface area contributed by atoms with Crippen LogP contribution in [0.15, 0.2) is 18.2 Å². The maximum Gasteiger partial charge on any atom is 0.334 e. The number of benzene rings is 1. The van der Waals surface area contributed by atoms with Gasteiger partial charge in [0.15, 0.2) is 11.5 Å². The molecule has 1 aliphatic carbocycles. The SMILES string of the molecule is O=C1C(=O)N(C2CCCC2)C(=O)N1CC(=O)N1CCCC1c1ccc2c(c1)OCCO2. The van der Waals surface area contributed by atoms with E-state index < -0.39 is 24.4 Å². The Morgan fingerprint density at radius 3 is 2.45 bits per heavy atom. The van der Waals surface area contributed by atoms with Gasteiger partial charge < -0.3 is 14.4 Å². The fourth-order valence-corrected chi connectivity index (χ4v) is 5.05. The highest BCUT2D eigenvalue weighted by atomic mass is 16.6. The summed E-state index contributed by atoms with van der Waals surface area (Å²) in [5.74, 6) is -0.703. The summed E-state index contributed by atoms with van der Waals surface area (Å²) in [6.07, 6.45) is 4.88. The Hall–Kier alpha value is -3.10. The van der Waals surface area contributed by atoms with E-state index in [1.807, 2.05) is 18.2 Å². The number of fused-ring (bicyclic) bond motifs is 1. The third-order valence-corrected chi connectivity index (χ3v) is 6.59. The van der Waals surface area contributed by atoms with E-state index in [0.717, 1.165) is 41.0 Å². The first-order valence-electron chi connectivity index (χ1n) is 10.9. The Kier molecular flexibility index (Phi) is 5.03. The molecule has 3 heterocycles. The van der Waals surface area contributed by atoms with Gasteiger partial charge in [0, 0.05) is 12.6 Å². The molecule has 1 aromatic carbocycles. The van der Waals surface area contributed by atoms with Gasteiger partial charge in [0.1, 0.15) is 19.8 Å². The Bertz CT molecular complexity index is 941. The van der Waals surface area contributed by atoms with Crippen molar-refractivity contribution in [2.24, 2.45) is 0 Å². The standard InChI is InChI=1S/C22H25N3O6/c26-19(13-24-20(27)21(28)25(22(24)29)15-4-1-2-5-15)23-9-3-6-16(23)14-7-8-17-18(12-14)31-11-10-30-17/h7-8,12,15-16H,1-6,9-11,13H2. The second kappa shape index (κ2) is 7.86. The summed E-state index contributed by atoms with van der Waals surface area (Å²) >= 11 is 0. The molecule has 3 fully saturated rings. The molecule has 0 radical (unpaired) electrons. The van der Waals surface area contributed by atoms with Crippen LogP contribution in [0, 0.1) is 0 Å². The summed E-state index contributed by atoms with van der Waals surface area (Å²) in [5, 5.41) is 0. The molecule has 1 atom stereocenters. The number of imide groups is 2. The van der Waals surface area contributed by atoms with E-state index in [0.29, 0.717) is 44.1 Å². The number of carbonyl (C=O) groups excluding carboxylic acids is 4. The zero-order valence-electron chi connectivity index (χ0n) is 17.2. The van der Waals surface area contributed by atoms with Gasteiger partial charge in [-0.15, -0.1) is 0 Å². The van der Waals surface area contributed by atoms with E-state index >= 15 is 0 Å². The van der Waals surface area contributed by atoms with E-state index in [9.17, 15) is 19.2 Å². The summed E-state index contributed by atoms with van der Waals surface area (Å²) < 4.78 is 11.2. The topological polar surface area (TPSA) is 96.5 Å². The molecule has 0 bridgehead atoms. The monoisotopic (exact) mass is 427 g/mol. The largest absolute Gasteiger partial charge is 0.486 e. The highest BCUT2D eigenvalue weighted by Crippen LogP contribution is 2.38. The Labute approximate surface area is 179 Å². The molecule has 9 nitrogen and oxygen atoms in total. The van der Waals surface area contributed by atoms with Gasteiger partial charge in [-0.2, -0.15) is 0 Å². The fraction of sp³-hybridized carbons (Fsp3) is 0.545. The van der Waals surface area contributed by atoms with Gasteiger partial charge in [0.25, 0.3) is 0 Å². The molecular formula is C22H25N3O6. The van der Waals surface area contributed by atoms with Crippen LogP contribution in [0.2, 0.25) is 0 Å². The predicted octanol–water partition coefficient (Wildman–Crippen LogP) is 1.85. The van der Waals surface area contributed by atoms with Crippen molar-refractivity contribution < 1.29 is 28.7 Å². The van der Waals surface area contributed by atoms with Crippen molar-refractivity contribution in [2.75, 3.05) is 26.3 Å². The highest BCUT2D eigenvalue weighted by molar-refractivity contribution is 6.45. The lowest BCUT2D eigenvalue weighted by Gasteiger charge is -2.28. The Morgan fingerprint density at radius 1 is 0.935 bits per heavy atom. The van der Waals surface area contributed by atoms with Crippen molar-refractivity contribution >= 4 is 23.8 Å². The molecule has 164 valence electrons. The van der Waals surface area contributed by atoms with Crippen LogP contribution in [0.3, 0.4) is 0 Å². The molecule has 9 heteroatoms. The van der Waals surface area contributed by atoms with Crippen molar-refractivity contribution in [1.29, 1.82) is 0 Å². The van der Waals surface area contributed by atoms with Gasteiger partial charge in [0.2, 0.25) is 5.91 Å². The quantitative estimate of drug-likeness (QED) is 0.538. The van der Waals surface area contributed by atoms with E-state index in [4.69, 9.17) is 9.47 Å². The second-order valence-corrected chi connectivity index (χ2v) is 8.44. The average Bonchev–Trinajstić information content (AvgIpc) is 3.52. The molecule has 1 aromatic rings. The van der Waals surface area contributed by atoms with Gasteiger partial charge in [-0.25, -0.2) is 9.69 Å².